The van der Waals surface area contributed by atoms with E-state index in [2.05, 4.69) is 4.18 Å². The van der Waals surface area contributed by atoms with Gasteiger partial charge in [-0.1, -0.05) is 6.07 Å². The second-order valence-electron chi connectivity index (χ2n) is 2.97. The van der Waals surface area contributed by atoms with Crippen molar-refractivity contribution in [3.05, 3.63) is 29.8 Å². The van der Waals surface area contributed by atoms with E-state index in [1.54, 1.807) is 6.07 Å². The highest BCUT2D eigenvalue weighted by Gasteiger charge is 2.31. The Labute approximate surface area is 95.4 Å². The third-order valence-electron chi connectivity index (χ3n) is 1.63. The first kappa shape index (κ1) is 13.5. The number of benzene rings is 1. The Hall–Kier alpha value is -1.59. The summed E-state index contributed by atoms with van der Waals surface area (Å²) < 4.78 is 61.9. The minimum Gasteiger partial charge on any atom is -0.257 e. The molecule has 4 nitrogen and oxygen atoms in total. The highest BCUT2D eigenvalue weighted by molar-refractivity contribution is 7.86. The van der Waals surface area contributed by atoms with Gasteiger partial charge in [0.05, 0.1) is 16.5 Å². The first-order valence-electron chi connectivity index (χ1n) is 4.21. The van der Waals surface area contributed by atoms with E-state index in [0.29, 0.717) is 0 Å². The van der Waals surface area contributed by atoms with E-state index in [9.17, 15) is 21.6 Å². The van der Waals surface area contributed by atoms with Crippen molar-refractivity contribution in [1.82, 2.24) is 0 Å². The van der Waals surface area contributed by atoms with Gasteiger partial charge in [0.15, 0.2) is 6.61 Å². The number of hydrogen-bond donors (Lipinski definition) is 0. The van der Waals surface area contributed by atoms with Gasteiger partial charge in [-0.2, -0.15) is 26.9 Å². The van der Waals surface area contributed by atoms with Gasteiger partial charge in [-0.25, -0.2) is 0 Å². The van der Waals surface area contributed by atoms with Gasteiger partial charge in [0.2, 0.25) is 0 Å². The molecule has 17 heavy (non-hydrogen) atoms. The minimum atomic E-state index is -4.74. The van der Waals surface area contributed by atoms with Crippen LogP contribution < -0.4 is 0 Å². The molecule has 0 fully saturated rings. The quantitative estimate of drug-likeness (QED) is 0.782. The van der Waals surface area contributed by atoms with E-state index in [4.69, 9.17) is 5.26 Å². The average molecular weight is 265 g/mol. The van der Waals surface area contributed by atoms with E-state index in [-0.39, 0.29) is 5.56 Å². The molecular weight excluding hydrogens is 259 g/mol. The zero-order valence-corrected chi connectivity index (χ0v) is 9.05. The molecule has 1 aromatic carbocycles. The smallest absolute Gasteiger partial charge is 0.257 e. The molecule has 0 aliphatic heterocycles. The molecule has 0 atom stereocenters. The Bertz CT molecular complexity index is 545. The molecule has 0 saturated carbocycles. The fraction of sp³-hybridized carbons (Fsp3) is 0.222. The van der Waals surface area contributed by atoms with E-state index in [1.165, 1.54) is 12.1 Å². The van der Waals surface area contributed by atoms with Crippen molar-refractivity contribution in [2.75, 3.05) is 6.61 Å². The molecule has 0 amide bonds. The van der Waals surface area contributed by atoms with Crippen LogP contribution in [0.3, 0.4) is 0 Å². The van der Waals surface area contributed by atoms with Crippen molar-refractivity contribution in [2.24, 2.45) is 0 Å². The fourth-order valence-electron chi connectivity index (χ4n) is 0.934. The first-order chi connectivity index (χ1) is 7.74. The van der Waals surface area contributed by atoms with Gasteiger partial charge in [-0.15, -0.1) is 0 Å². The van der Waals surface area contributed by atoms with Crippen molar-refractivity contribution >= 4 is 10.1 Å². The van der Waals surface area contributed by atoms with Crippen LogP contribution in [0.4, 0.5) is 13.2 Å². The Kier molecular flexibility index (Phi) is 3.75. The summed E-state index contributed by atoms with van der Waals surface area (Å²) in [5, 5.41) is 8.52. The molecule has 0 bridgehead atoms. The van der Waals surface area contributed by atoms with Crippen molar-refractivity contribution in [3.8, 4) is 6.07 Å². The molecule has 0 heterocycles. The predicted octanol–water partition coefficient (Wildman–Crippen LogP) is 1.83. The van der Waals surface area contributed by atoms with Crippen LogP contribution in [0.15, 0.2) is 29.2 Å². The molecule has 0 aliphatic carbocycles. The molecule has 1 aromatic rings. The first-order valence-corrected chi connectivity index (χ1v) is 5.62. The third kappa shape index (κ3) is 4.05. The number of nitrogens with zero attached hydrogens (tertiary/aromatic N) is 1. The maximum atomic E-state index is 11.8. The summed E-state index contributed by atoms with van der Waals surface area (Å²) in [7, 11) is -4.50. The number of halogens is 3. The zero-order valence-electron chi connectivity index (χ0n) is 8.23. The molecule has 1 rings (SSSR count). The van der Waals surface area contributed by atoms with E-state index < -0.39 is 27.8 Å². The van der Waals surface area contributed by atoms with Gasteiger partial charge >= 0.3 is 6.18 Å². The summed E-state index contributed by atoms with van der Waals surface area (Å²) in [6.45, 7) is -1.90. The van der Waals surface area contributed by atoms with Crippen molar-refractivity contribution in [1.29, 1.82) is 5.26 Å². The molecule has 8 heteroatoms. The Morgan fingerprint density at radius 2 is 2.00 bits per heavy atom. The van der Waals surface area contributed by atoms with Crippen LogP contribution in [0.2, 0.25) is 0 Å². The van der Waals surface area contributed by atoms with Crippen LogP contribution in [0, 0.1) is 11.3 Å². The second kappa shape index (κ2) is 4.73. The van der Waals surface area contributed by atoms with Crippen LogP contribution in [-0.4, -0.2) is 21.2 Å². The normalized spacial score (nSPS) is 12.1. The largest absolute Gasteiger partial charge is 0.413 e. The van der Waals surface area contributed by atoms with Crippen LogP contribution in [0.25, 0.3) is 0 Å². The highest BCUT2D eigenvalue weighted by Crippen LogP contribution is 2.19. The number of hydrogen-bond acceptors (Lipinski definition) is 4. The molecule has 92 valence electrons. The Morgan fingerprint density at radius 1 is 1.35 bits per heavy atom. The topological polar surface area (TPSA) is 67.2 Å². The summed E-state index contributed by atoms with van der Waals surface area (Å²) in [5.41, 5.74) is 0.0154. The van der Waals surface area contributed by atoms with Crippen LogP contribution in [0.1, 0.15) is 5.56 Å². The highest BCUT2D eigenvalue weighted by atomic mass is 32.2. The molecule has 0 radical (unpaired) electrons. The van der Waals surface area contributed by atoms with Crippen LogP contribution in [-0.2, 0) is 14.3 Å². The van der Waals surface area contributed by atoms with Gasteiger partial charge in [0, 0.05) is 0 Å². The number of rotatable bonds is 3. The van der Waals surface area contributed by atoms with Crippen LogP contribution >= 0.6 is 0 Å². The van der Waals surface area contributed by atoms with E-state index in [0.717, 1.165) is 12.1 Å². The summed E-state index contributed by atoms with van der Waals surface area (Å²) in [6, 6.07) is 6.21. The third-order valence-corrected chi connectivity index (χ3v) is 2.89. The van der Waals surface area contributed by atoms with Crippen molar-refractivity contribution in [3.63, 3.8) is 0 Å². The summed E-state index contributed by atoms with van der Waals surface area (Å²) in [6.07, 6.45) is -4.74. The Morgan fingerprint density at radius 3 is 2.53 bits per heavy atom. The molecule has 0 unspecified atom stereocenters. The minimum absolute atomic E-state index is 0.0154. The average Bonchev–Trinajstić information content (AvgIpc) is 2.26. The van der Waals surface area contributed by atoms with Crippen molar-refractivity contribution < 1.29 is 25.8 Å². The lowest BCUT2D eigenvalue weighted by Crippen LogP contribution is -2.20. The monoisotopic (exact) mass is 265 g/mol. The summed E-state index contributed by atoms with van der Waals surface area (Å²) in [5.74, 6) is 0. The van der Waals surface area contributed by atoms with Crippen LogP contribution in [0.5, 0.6) is 0 Å². The number of nitriles is 1. The second-order valence-corrected chi connectivity index (χ2v) is 4.59. The molecule has 0 spiro atoms. The molecule has 0 aromatic heterocycles. The van der Waals surface area contributed by atoms with Crippen molar-refractivity contribution in [2.45, 2.75) is 11.1 Å². The maximum absolute atomic E-state index is 11.8. The van der Waals surface area contributed by atoms with E-state index >= 15 is 0 Å². The molecule has 0 N–H and O–H groups in total. The molecule has 0 saturated heterocycles. The van der Waals surface area contributed by atoms with Gasteiger partial charge in [-0.05, 0) is 18.2 Å². The maximum Gasteiger partial charge on any atom is 0.413 e. The predicted molar refractivity (Wildman–Crippen MR) is 50.3 cm³/mol. The lowest BCUT2D eigenvalue weighted by atomic mass is 10.2. The van der Waals surface area contributed by atoms with E-state index in [1.807, 2.05) is 0 Å². The summed E-state index contributed by atoms with van der Waals surface area (Å²) >= 11 is 0. The van der Waals surface area contributed by atoms with Gasteiger partial charge in [-0.3, -0.25) is 4.18 Å². The zero-order chi connectivity index (χ0) is 13.1. The summed E-state index contributed by atoms with van der Waals surface area (Å²) in [4.78, 5) is -0.485. The van der Waals surface area contributed by atoms with Gasteiger partial charge in [0.25, 0.3) is 10.1 Å². The fourth-order valence-corrected chi connectivity index (χ4v) is 1.87. The number of alkyl halides is 3. The lowest BCUT2D eigenvalue weighted by molar-refractivity contribution is -0.152. The SMILES string of the molecule is N#Cc1cccc(S(=O)(=O)OCC(F)(F)F)c1. The molecular formula is C9H6F3NO3S. The Balaban J connectivity index is 2.94. The molecule has 0 aliphatic rings. The van der Waals surface area contributed by atoms with Gasteiger partial charge < -0.3 is 0 Å². The lowest BCUT2D eigenvalue weighted by Gasteiger charge is -2.08. The standard InChI is InChI=1S/C9H6F3NO3S/c10-9(11,12)6-16-17(14,15)8-3-1-2-7(4-8)5-13/h1-4H,6H2. The van der Waals surface area contributed by atoms with Gasteiger partial charge in [0.1, 0.15) is 0 Å².